The second-order valence-corrected chi connectivity index (χ2v) is 6.17. The number of aromatic nitrogens is 3. The lowest BCUT2D eigenvalue weighted by molar-refractivity contribution is 0.0857. The highest BCUT2D eigenvalue weighted by atomic mass is 16.3. The van der Waals surface area contributed by atoms with Crippen LogP contribution in [0.1, 0.15) is 33.1 Å². The summed E-state index contributed by atoms with van der Waals surface area (Å²) in [5.74, 6) is -0.198. The van der Waals surface area contributed by atoms with Crippen LogP contribution in [0.3, 0.4) is 0 Å². The number of carbonyl (C=O) groups excluding carboxylic acids is 1. The van der Waals surface area contributed by atoms with Crippen LogP contribution in [0.5, 0.6) is 0 Å². The van der Waals surface area contributed by atoms with E-state index in [9.17, 15) is 9.90 Å². The number of nitrogens with zero attached hydrogens (tertiary/aromatic N) is 3. The Kier molecular flexibility index (Phi) is 4.03. The first-order chi connectivity index (χ1) is 12.2. The van der Waals surface area contributed by atoms with E-state index in [-0.39, 0.29) is 11.9 Å². The van der Waals surface area contributed by atoms with Crippen LogP contribution < -0.4 is 5.32 Å². The van der Waals surface area contributed by atoms with Crippen LogP contribution in [0.25, 0.3) is 0 Å². The molecule has 0 radical (unpaired) electrons. The number of aliphatic hydroxyl groups is 1. The summed E-state index contributed by atoms with van der Waals surface area (Å²) in [6.45, 7) is 0.466. The monoisotopic (exact) mass is 334 g/mol. The molecule has 1 heterocycles. The van der Waals surface area contributed by atoms with Crippen molar-refractivity contribution in [3.8, 4) is 0 Å². The molecule has 25 heavy (non-hydrogen) atoms. The highest BCUT2D eigenvalue weighted by molar-refractivity contribution is 5.96. The number of benzene rings is 2. The Morgan fingerprint density at radius 1 is 1.20 bits per heavy atom. The van der Waals surface area contributed by atoms with Crippen LogP contribution in [0.2, 0.25) is 0 Å². The number of carbonyl (C=O) groups is 1. The molecule has 0 saturated carbocycles. The van der Waals surface area contributed by atoms with Crippen LogP contribution in [0.15, 0.2) is 61.2 Å². The fourth-order valence-electron chi connectivity index (χ4n) is 3.34. The van der Waals surface area contributed by atoms with Crippen molar-refractivity contribution in [3.63, 3.8) is 0 Å². The summed E-state index contributed by atoms with van der Waals surface area (Å²) in [4.78, 5) is 16.8. The molecule has 3 aromatic rings. The highest BCUT2D eigenvalue weighted by Crippen LogP contribution is 2.31. The maximum Gasteiger partial charge on any atom is 0.252 e. The smallest absolute Gasteiger partial charge is 0.252 e. The minimum atomic E-state index is -0.608. The molecule has 1 aliphatic carbocycles. The first-order valence-corrected chi connectivity index (χ1v) is 8.19. The minimum Gasteiger partial charge on any atom is -0.390 e. The molecule has 0 fully saturated rings. The third kappa shape index (κ3) is 3.04. The Labute approximate surface area is 145 Å². The number of nitrogens with one attached hydrogen (secondary N) is 1. The van der Waals surface area contributed by atoms with Crippen molar-refractivity contribution in [2.24, 2.45) is 0 Å². The standard InChI is InChI=1S/C19H18N4O2/c24-17-9-13-5-1-3-7-15(13)18(17)22-19(25)16-8-4-2-6-14(16)10-23-12-20-11-21-23/h1-8,11-12,17-18,24H,9-10H2,(H,22,25)/t17-,18+/m1/s1. The van der Waals surface area contributed by atoms with Crippen molar-refractivity contribution in [2.45, 2.75) is 25.1 Å². The van der Waals surface area contributed by atoms with E-state index in [1.54, 1.807) is 17.1 Å². The van der Waals surface area contributed by atoms with Crippen molar-refractivity contribution in [3.05, 3.63) is 83.4 Å². The molecule has 0 unspecified atom stereocenters. The van der Waals surface area contributed by atoms with Gasteiger partial charge in [0.1, 0.15) is 12.7 Å². The van der Waals surface area contributed by atoms with Crippen LogP contribution in [0, 0.1) is 0 Å². The zero-order chi connectivity index (χ0) is 17.2. The van der Waals surface area contributed by atoms with Gasteiger partial charge in [0, 0.05) is 12.0 Å². The predicted molar refractivity (Wildman–Crippen MR) is 91.9 cm³/mol. The topological polar surface area (TPSA) is 80.0 Å². The van der Waals surface area contributed by atoms with Crippen LogP contribution in [0.4, 0.5) is 0 Å². The SMILES string of the molecule is O=C(N[C@H]1c2ccccc2C[C@H]1O)c1ccccc1Cn1cncn1. The number of rotatable bonds is 4. The molecule has 0 aliphatic heterocycles. The number of fused-ring (bicyclic) bond motifs is 1. The molecule has 1 aromatic heterocycles. The molecular weight excluding hydrogens is 316 g/mol. The first kappa shape index (κ1) is 15.5. The summed E-state index contributed by atoms with van der Waals surface area (Å²) in [5.41, 5.74) is 3.49. The normalized spacial score (nSPS) is 18.8. The molecular formula is C19H18N4O2. The van der Waals surface area contributed by atoms with Crippen molar-refractivity contribution < 1.29 is 9.90 Å². The first-order valence-electron chi connectivity index (χ1n) is 8.19. The third-order valence-corrected chi connectivity index (χ3v) is 4.55. The number of hydrogen-bond donors (Lipinski definition) is 2. The van der Waals surface area contributed by atoms with E-state index in [2.05, 4.69) is 15.4 Å². The Hall–Kier alpha value is -2.99. The van der Waals surface area contributed by atoms with Gasteiger partial charge < -0.3 is 10.4 Å². The molecule has 126 valence electrons. The molecule has 2 aromatic carbocycles. The number of hydrogen-bond acceptors (Lipinski definition) is 4. The molecule has 6 nitrogen and oxygen atoms in total. The minimum absolute atomic E-state index is 0.198. The van der Waals surface area contributed by atoms with E-state index in [4.69, 9.17) is 0 Å². The Morgan fingerprint density at radius 3 is 2.84 bits per heavy atom. The quantitative estimate of drug-likeness (QED) is 0.761. The molecule has 1 aliphatic rings. The van der Waals surface area contributed by atoms with E-state index >= 15 is 0 Å². The summed E-state index contributed by atoms with van der Waals surface area (Å²) >= 11 is 0. The van der Waals surface area contributed by atoms with E-state index < -0.39 is 6.10 Å². The van der Waals surface area contributed by atoms with Gasteiger partial charge >= 0.3 is 0 Å². The fraction of sp³-hybridized carbons (Fsp3) is 0.211. The van der Waals surface area contributed by atoms with Gasteiger partial charge in [-0.05, 0) is 22.8 Å². The highest BCUT2D eigenvalue weighted by Gasteiger charge is 2.32. The Bertz CT molecular complexity index is 892. The maximum atomic E-state index is 12.8. The predicted octanol–water partition coefficient (Wildman–Crippen LogP) is 1.71. The average molecular weight is 334 g/mol. The van der Waals surface area contributed by atoms with Crippen molar-refractivity contribution in [2.75, 3.05) is 0 Å². The lowest BCUT2D eigenvalue weighted by atomic mass is 10.0. The second kappa shape index (κ2) is 6.49. The zero-order valence-corrected chi connectivity index (χ0v) is 13.5. The van der Waals surface area contributed by atoms with Gasteiger partial charge in [-0.2, -0.15) is 5.10 Å². The summed E-state index contributed by atoms with van der Waals surface area (Å²) < 4.78 is 1.67. The Morgan fingerprint density at radius 2 is 2.00 bits per heavy atom. The second-order valence-electron chi connectivity index (χ2n) is 6.17. The number of amides is 1. The summed E-state index contributed by atoms with van der Waals surface area (Å²) in [5, 5.41) is 17.4. The van der Waals surface area contributed by atoms with Gasteiger partial charge in [-0.3, -0.25) is 4.79 Å². The van der Waals surface area contributed by atoms with Gasteiger partial charge in [-0.1, -0.05) is 42.5 Å². The van der Waals surface area contributed by atoms with Gasteiger partial charge in [0.25, 0.3) is 5.91 Å². The maximum absolute atomic E-state index is 12.8. The van der Waals surface area contributed by atoms with E-state index in [0.717, 1.165) is 16.7 Å². The summed E-state index contributed by atoms with van der Waals surface area (Å²) in [6.07, 6.45) is 3.03. The lowest BCUT2D eigenvalue weighted by Gasteiger charge is -2.19. The van der Waals surface area contributed by atoms with Crippen molar-refractivity contribution in [1.82, 2.24) is 20.1 Å². The molecule has 0 saturated heterocycles. The van der Waals surface area contributed by atoms with Gasteiger partial charge in [0.05, 0.1) is 18.7 Å². The molecule has 4 rings (SSSR count). The lowest BCUT2D eigenvalue weighted by Crippen LogP contribution is -2.34. The molecule has 0 spiro atoms. The molecule has 2 N–H and O–H groups in total. The molecule has 2 atom stereocenters. The molecule has 0 bridgehead atoms. The van der Waals surface area contributed by atoms with Gasteiger partial charge in [-0.15, -0.1) is 0 Å². The Balaban J connectivity index is 1.58. The van der Waals surface area contributed by atoms with Crippen LogP contribution >= 0.6 is 0 Å². The van der Waals surface area contributed by atoms with E-state index in [1.165, 1.54) is 6.33 Å². The van der Waals surface area contributed by atoms with Gasteiger partial charge in [-0.25, -0.2) is 9.67 Å². The van der Waals surface area contributed by atoms with Crippen molar-refractivity contribution in [1.29, 1.82) is 0 Å². The zero-order valence-electron chi connectivity index (χ0n) is 13.5. The molecule has 1 amide bonds. The van der Waals surface area contributed by atoms with Gasteiger partial charge in [0.15, 0.2) is 0 Å². The summed E-state index contributed by atoms with van der Waals surface area (Å²) in [7, 11) is 0. The van der Waals surface area contributed by atoms with E-state index in [0.29, 0.717) is 18.5 Å². The fourth-order valence-corrected chi connectivity index (χ4v) is 3.34. The largest absolute Gasteiger partial charge is 0.390 e. The van der Waals surface area contributed by atoms with Crippen molar-refractivity contribution >= 4 is 5.91 Å². The number of aliphatic hydroxyl groups excluding tert-OH is 1. The summed E-state index contributed by atoms with van der Waals surface area (Å²) in [6, 6.07) is 14.8. The van der Waals surface area contributed by atoms with Crippen LogP contribution in [-0.2, 0) is 13.0 Å². The van der Waals surface area contributed by atoms with Gasteiger partial charge in [0.2, 0.25) is 0 Å². The van der Waals surface area contributed by atoms with Crippen LogP contribution in [-0.4, -0.2) is 31.9 Å². The molecule has 6 heteroatoms. The van der Waals surface area contributed by atoms with E-state index in [1.807, 2.05) is 42.5 Å². The third-order valence-electron chi connectivity index (χ3n) is 4.55. The average Bonchev–Trinajstić information content (AvgIpc) is 3.24.